The summed E-state index contributed by atoms with van der Waals surface area (Å²) in [6, 6.07) is 0. The zero-order valence-electron chi connectivity index (χ0n) is 9.60. The minimum absolute atomic E-state index is 0.0215. The summed E-state index contributed by atoms with van der Waals surface area (Å²) in [6.45, 7) is 5.69. The van der Waals surface area contributed by atoms with E-state index in [1.165, 1.54) is 0 Å². The first kappa shape index (κ1) is 11.7. The van der Waals surface area contributed by atoms with Gasteiger partial charge in [0.15, 0.2) is 5.69 Å². The molecule has 0 aliphatic carbocycles. The van der Waals surface area contributed by atoms with Gasteiger partial charge in [0, 0.05) is 20.1 Å². The van der Waals surface area contributed by atoms with Gasteiger partial charge in [-0.15, -0.1) is 5.10 Å². The number of aryl methyl sites for hydroxylation is 1. The van der Waals surface area contributed by atoms with Crippen LogP contribution >= 0.6 is 0 Å². The Kier molecular flexibility index (Phi) is 4.27. The molecule has 0 atom stereocenters. The second-order valence-corrected chi connectivity index (χ2v) is 3.57. The van der Waals surface area contributed by atoms with Crippen LogP contribution in [-0.4, -0.2) is 38.9 Å². The highest BCUT2D eigenvalue weighted by molar-refractivity contribution is 5.91. The number of aromatic nitrogens is 3. The Balaban J connectivity index is 2.71. The summed E-state index contributed by atoms with van der Waals surface area (Å²) in [5.41, 5.74) is 0.430. The van der Waals surface area contributed by atoms with Crippen molar-refractivity contribution >= 4 is 5.91 Å². The average Bonchev–Trinajstić information content (AvgIpc) is 2.63. The molecule has 0 aliphatic rings. The zero-order valence-corrected chi connectivity index (χ0v) is 9.60. The Morgan fingerprint density at radius 1 is 1.40 bits per heavy atom. The molecule has 1 aromatic heterocycles. The molecule has 0 N–H and O–H groups in total. The van der Waals surface area contributed by atoms with E-state index in [1.807, 2.05) is 4.90 Å². The van der Waals surface area contributed by atoms with Gasteiger partial charge in [-0.3, -0.25) is 9.48 Å². The van der Waals surface area contributed by atoms with Crippen molar-refractivity contribution in [2.24, 2.45) is 7.05 Å². The van der Waals surface area contributed by atoms with Crippen molar-refractivity contribution in [2.75, 3.05) is 13.1 Å². The SMILES string of the molecule is CCCN(CCC)C(=O)c1cn(C)nn1. The van der Waals surface area contributed by atoms with E-state index in [9.17, 15) is 4.79 Å². The van der Waals surface area contributed by atoms with E-state index < -0.39 is 0 Å². The van der Waals surface area contributed by atoms with Crippen molar-refractivity contribution in [2.45, 2.75) is 26.7 Å². The van der Waals surface area contributed by atoms with Gasteiger partial charge < -0.3 is 4.90 Å². The molecular weight excluding hydrogens is 192 g/mol. The lowest BCUT2D eigenvalue weighted by molar-refractivity contribution is 0.0749. The summed E-state index contributed by atoms with van der Waals surface area (Å²) in [5, 5.41) is 7.58. The number of nitrogens with zero attached hydrogens (tertiary/aromatic N) is 4. The second kappa shape index (κ2) is 5.48. The third-order valence-corrected chi connectivity index (χ3v) is 2.10. The van der Waals surface area contributed by atoms with E-state index in [0.29, 0.717) is 5.69 Å². The summed E-state index contributed by atoms with van der Waals surface area (Å²) < 4.78 is 1.54. The average molecular weight is 210 g/mol. The number of rotatable bonds is 5. The number of carbonyl (C=O) groups is 1. The monoisotopic (exact) mass is 210 g/mol. The molecule has 5 nitrogen and oxygen atoms in total. The molecule has 0 aromatic carbocycles. The lowest BCUT2D eigenvalue weighted by Gasteiger charge is -2.19. The maximum absolute atomic E-state index is 11.9. The first-order valence-corrected chi connectivity index (χ1v) is 5.34. The fourth-order valence-corrected chi connectivity index (χ4v) is 1.46. The van der Waals surface area contributed by atoms with E-state index in [-0.39, 0.29) is 5.91 Å². The fraction of sp³-hybridized carbons (Fsp3) is 0.700. The van der Waals surface area contributed by atoms with Crippen LogP contribution in [0.5, 0.6) is 0 Å². The van der Waals surface area contributed by atoms with Crippen LogP contribution in [0.25, 0.3) is 0 Å². The van der Waals surface area contributed by atoms with Crippen LogP contribution in [0.2, 0.25) is 0 Å². The summed E-state index contributed by atoms with van der Waals surface area (Å²) >= 11 is 0. The van der Waals surface area contributed by atoms with Crippen molar-refractivity contribution in [3.05, 3.63) is 11.9 Å². The van der Waals surface area contributed by atoms with Gasteiger partial charge in [-0.25, -0.2) is 0 Å². The molecule has 0 spiro atoms. The highest BCUT2D eigenvalue weighted by Crippen LogP contribution is 2.02. The minimum atomic E-state index is -0.0215. The van der Waals surface area contributed by atoms with Gasteiger partial charge in [0.25, 0.3) is 5.91 Å². The van der Waals surface area contributed by atoms with Crippen molar-refractivity contribution in [1.29, 1.82) is 0 Å². The van der Waals surface area contributed by atoms with E-state index in [0.717, 1.165) is 25.9 Å². The Bertz CT molecular complexity index is 315. The molecule has 1 amide bonds. The predicted molar refractivity (Wildman–Crippen MR) is 57.5 cm³/mol. The summed E-state index contributed by atoms with van der Waals surface area (Å²) in [4.78, 5) is 13.8. The normalized spacial score (nSPS) is 10.3. The van der Waals surface area contributed by atoms with Crippen LogP contribution in [0, 0.1) is 0 Å². The molecule has 84 valence electrons. The van der Waals surface area contributed by atoms with E-state index >= 15 is 0 Å². The molecule has 0 bridgehead atoms. The molecule has 0 fully saturated rings. The molecule has 1 aromatic rings. The van der Waals surface area contributed by atoms with Crippen LogP contribution in [0.4, 0.5) is 0 Å². The van der Waals surface area contributed by atoms with Gasteiger partial charge >= 0.3 is 0 Å². The molecule has 5 heteroatoms. The first-order chi connectivity index (χ1) is 7.19. The number of carbonyl (C=O) groups excluding carboxylic acids is 1. The summed E-state index contributed by atoms with van der Waals surface area (Å²) in [7, 11) is 1.76. The smallest absolute Gasteiger partial charge is 0.276 e. The Labute approximate surface area is 90.1 Å². The maximum atomic E-state index is 11.9. The van der Waals surface area contributed by atoms with Crippen LogP contribution < -0.4 is 0 Å². The van der Waals surface area contributed by atoms with Gasteiger partial charge in [0.05, 0.1) is 6.20 Å². The molecule has 1 heterocycles. The van der Waals surface area contributed by atoms with Gasteiger partial charge in [0.2, 0.25) is 0 Å². The molecule has 0 saturated heterocycles. The Morgan fingerprint density at radius 2 is 2.00 bits per heavy atom. The number of hydrogen-bond donors (Lipinski definition) is 0. The zero-order chi connectivity index (χ0) is 11.3. The van der Waals surface area contributed by atoms with Gasteiger partial charge in [-0.2, -0.15) is 0 Å². The molecule has 0 saturated carbocycles. The van der Waals surface area contributed by atoms with E-state index in [2.05, 4.69) is 24.2 Å². The molecule has 1 rings (SSSR count). The Hall–Kier alpha value is -1.39. The van der Waals surface area contributed by atoms with Gasteiger partial charge in [-0.05, 0) is 12.8 Å². The van der Waals surface area contributed by atoms with Crippen molar-refractivity contribution in [3.8, 4) is 0 Å². The quantitative estimate of drug-likeness (QED) is 0.730. The van der Waals surface area contributed by atoms with Gasteiger partial charge in [0.1, 0.15) is 0 Å². The Morgan fingerprint density at radius 3 is 2.40 bits per heavy atom. The molecular formula is C10H18N4O. The molecule has 0 radical (unpaired) electrons. The topological polar surface area (TPSA) is 51.0 Å². The fourth-order valence-electron chi connectivity index (χ4n) is 1.46. The number of amides is 1. The minimum Gasteiger partial charge on any atom is -0.337 e. The standard InChI is InChI=1S/C10H18N4O/c1-4-6-14(7-5-2)10(15)9-8-13(3)12-11-9/h8H,4-7H2,1-3H3. The number of hydrogen-bond acceptors (Lipinski definition) is 3. The second-order valence-electron chi connectivity index (χ2n) is 3.57. The largest absolute Gasteiger partial charge is 0.337 e. The van der Waals surface area contributed by atoms with E-state index in [4.69, 9.17) is 0 Å². The van der Waals surface area contributed by atoms with Gasteiger partial charge in [-0.1, -0.05) is 19.1 Å². The van der Waals surface area contributed by atoms with Crippen molar-refractivity contribution in [3.63, 3.8) is 0 Å². The molecule has 0 unspecified atom stereocenters. The van der Waals surface area contributed by atoms with Crippen LogP contribution in [0.1, 0.15) is 37.2 Å². The highest BCUT2D eigenvalue weighted by Gasteiger charge is 2.16. The third-order valence-electron chi connectivity index (χ3n) is 2.10. The lowest BCUT2D eigenvalue weighted by atomic mass is 10.3. The van der Waals surface area contributed by atoms with E-state index in [1.54, 1.807) is 17.9 Å². The summed E-state index contributed by atoms with van der Waals surface area (Å²) in [6.07, 6.45) is 3.58. The summed E-state index contributed by atoms with van der Waals surface area (Å²) in [5.74, 6) is -0.0215. The molecule has 15 heavy (non-hydrogen) atoms. The van der Waals surface area contributed by atoms with Crippen molar-refractivity contribution in [1.82, 2.24) is 19.9 Å². The molecule has 0 aliphatic heterocycles. The maximum Gasteiger partial charge on any atom is 0.276 e. The lowest BCUT2D eigenvalue weighted by Crippen LogP contribution is -2.32. The van der Waals surface area contributed by atoms with Crippen molar-refractivity contribution < 1.29 is 4.79 Å². The van der Waals surface area contributed by atoms with Crippen LogP contribution in [-0.2, 0) is 7.05 Å². The third kappa shape index (κ3) is 3.04. The van der Waals surface area contributed by atoms with Crippen LogP contribution in [0.3, 0.4) is 0 Å². The first-order valence-electron chi connectivity index (χ1n) is 5.34. The predicted octanol–water partition coefficient (Wildman–Crippen LogP) is 1.08. The highest BCUT2D eigenvalue weighted by atomic mass is 16.2. The van der Waals surface area contributed by atoms with Crippen LogP contribution in [0.15, 0.2) is 6.20 Å².